The molecule has 0 aliphatic carbocycles. The molecule has 0 atom stereocenters. The minimum Gasteiger partial charge on any atom is -0.494 e. The lowest BCUT2D eigenvalue weighted by Gasteiger charge is -2.16. The smallest absolute Gasteiger partial charge is 0.389 e. The summed E-state index contributed by atoms with van der Waals surface area (Å²) in [5.41, 5.74) is 16.6. The molecule has 0 saturated carbocycles. The Hall–Kier alpha value is -8.14. The van der Waals surface area contributed by atoms with Gasteiger partial charge in [0.25, 0.3) is 0 Å². The molecule has 0 amide bonds. The molecule has 10 nitrogen and oxygen atoms in total. The molecular weight excluding hydrogens is 931 g/mol. The maximum absolute atomic E-state index is 14.0. The molecule has 0 aromatic heterocycles. The van der Waals surface area contributed by atoms with Gasteiger partial charge in [-0.2, -0.15) is 26.3 Å². The van der Waals surface area contributed by atoms with Crippen molar-refractivity contribution in [2.24, 2.45) is 0 Å². The van der Waals surface area contributed by atoms with Gasteiger partial charge in [-0.15, -0.1) is 0 Å². The van der Waals surface area contributed by atoms with Gasteiger partial charge in [-0.25, -0.2) is 9.59 Å². The number of unbranched alkanes of at least 4 members (excludes halogenated alkanes) is 2. The van der Waals surface area contributed by atoms with E-state index in [4.69, 9.17) is 30.4 Å². The molecule has 0 aliphatic heterocycles. The second-order valence-electron chi connectivity index (χ2n) is 16.2. The summed E-state index contributed by atoms with van der Waals surface area (Å²) in [6.07, 6.45) is -3.93. The lowest BCUT2D eigenvalue weighted by atomic mass is 9.88. The molecule has 0 heterocycles. The van der Waals surface area contributed by atoms with Crippen LogP contribution in [0, 0.1) is 6.92 Å². The van der Waals surface area contributed by atoms with Crippen molar-refractivity contribution >= 4 is 47.0 Å². The van der Waals surface area contributed by atoms with E-state index < -0.39 is 48.7 Å². The van der Waals surface area contributed by atoms with Gasteiger partial charge in [-0.3, -0.25) is 9.59 Å². The minimum absolute atomic E-state index is 0.0415. The van der Waals surface area contributed by atoms with Crippen molar-refractivity contribution in [1.82, 2.24) is 0 Å². The number of allylic oxidation sites excluding steroid dienone is 2. The zero-order chi connectivity index (χ0) is 51.1. The van der Waals surface area contributed by atoms with Crippen LogP contribution in [0.15, 0.2) is 140 Å². The Balaban J connectivity index is 1.06. The fraction of sp³-hybridized carbons (Fsp3) is 0.200. The highest BCUT2D eigenvalue weighted by Crippen LogP contribution is 2.34. The van der Waals surface area contributed by atoms with Crippen LogP contribution >= 0.6 is 0 Å². The SMILES string of the molecule is Cc1c(N)ccc(-c2ccc(N)cc2C(=O)/C=C/c2ccc(C(=O)Oc3ccc(OCCCCC(F)(F)F)cc3)cc2)c1C(=O)/C=C/c1ccc(C(=O)Oc2ccc(OCCCCC(F)(F)F)cc2)cc1. The first-order chi connectivity index (χ1) is 33.8. The first kappa shape index (κ1) is 52.2. The number of rotatable bonds is 21. The highest BCUT2D eigenvalue weighted by Gasteiger charge is 2.27. The van der Waals surface area contributed by atoms with Crippen LogP contribution < -0.4 is 30.4 Å². The number of benzene rings is 6. The largest absolute Gasteiger partial charge is 0.494 e. The second-order valence-corrected chi connectivity index (χ2v) is 16.2. The van der Waals surface area contributed by atoms with E-state index >= 15 is 0 Å². The van der Waals surface area contributed by atoms with Crippen molar-refractivity contribution in [1.29, 1.82) is 0 Å². The second kappa shape index (κ2) is 23.9. The van der Waals surface area contributed by atoms with Gasteiger partial charge in [0, 0.05) is 35.3 Å². The van der Waals surface area contributed by atoms with Crippen LogP contribution in [-0.4, -0.2) is 49.1 Å². The quantitative estimate of drug-likeness (QED) is 0.0135. The molecule has 0 aliphatic rings. The molecule has 4 N–H and O–H groups in total. The van der Waals surface area contributed by atoms with Crippen LogP contribution in [0.4, 0.5) is 37.7 Å². The average Bonchev–Trinajstić information content (AvgIpc) is 3.33. The molecule has 71 heavy (non-hydrogen) atoms. The number of anilines is 2. The normalized spacial score (nSPS) is 11.7. The third kappa shape index (κ3) is 16.0. The van der Waals surface area contributed by atoms with Crippen molar-refractivity contribution in [3.63, 3.8) is 0 Å². The lowest BCUT2D eigenvalue weighted by molar-refractivity contribution is -0.136. The van der Waals surface area contributed by atoms with Crippen LogP contribution in [0.5, 0.6) is 23.0 Å². The summed E-state index contributed by atoms with van der Waals surface area (Å²) in [5.74, 6) is -0.818. The number of ether oxygens (including phenoxy) is 4. The molecule has 6 rings (SSSR count). The van der Waals surface area contributed by atoms with Gasteiger partial charge in [-0.1, -0.05) is 48.6 Å². The summed E-state index contributed by atoms with van der Waals surface area (Å²) in [4.78, 5) is 53.6. The Morgan fingerprint density at radius 3 is 1.38 bits per heavy atom. The van der Waals surface area contributed by atoms with Crippen molar-refractivity contribution in [3.05, 3.63) is 178 Å². The molecule has 0 fully saturated rings. The zero-order valence-corrected chi connectivity index (χ0v) is 38.3. The number of alkyl halides is 6. The molecule has 0 unspecified atom stereocenters. The maximum atomic E-state index is 14.0. The number of hydrogen-bond donors (Lipinski definition) is 2. The number of halogens is 6. The summed E-state index contributed by atoms with van der Waals surface area (Å²) < 4.78 is 95.9. The summed E-state index contributed by atoms with van der Waals surface area (Å²) >= 11 is 0. The number of hydrogen-bond acceptors (Lipinski definition) is 10. The maximum Gasteiger partial charge on any atom is 0.389 e. The predicted octanol–water partition coefficient (Wildman–Crippen LogP) is 13.3. The monoisotopic (exact) mass is 978 g/mol. The van der Waals surface area contributed by atoms with Gasteiger partial charge >= 0.3 is 24.3 Å². The highest BCUT2D eigenvalue weighted by molar-refractivity contribution is 6.16. The van der Waals surface area contributed by atoms with E-state index in [1.54, 1.807) is 91.9 Å². The standard InChI is InChI=1S/C55H48F6N2O8/c1-35-48(63)27-26-46(51(35)50(65)29-11-37-8-14-39(15-9-37)53(67)71-44-23-19-42(20-24-44)69-33-5-3-31-55(59,60)61)45-25-16-40(62)34-47(45)49(64)28-10-36-6-12-38(13-7-36)52(66)70-43-21-17-41(18-22-43)68-32-4-2-30-54(56,57)58/h6-29,34H,2-5,30-33,62-63H2,1H3/b28-10+,29-11+. The first-order valence-corrected chi connectivity index (χ1v) is 22.3. The molecule has 6 aromatic carbocycles. The Morgan fingerprint density at radius 1 is 0.507 bits per heavy atom. The molecule has 0 radical (unpaired) electrons. The lowest BCUT2D eigenvalue weighted by Crippen LogP contribution is -2.09. The van der Waals surface area contributed by atoms with Crippen LogP contribution in [0.25, 0.3) is 23.3 Å². The Morgan fingerprint density at radius 2 is 0.930 bits per heavy atom. The minimum atomic E-state index is -4.21. The van der Waals surface area contributed by atoms with Crippen molar-refractivity contribution < 1.29 is 64.5 Å². The number of ketones is 2. The van der Waals surface area contributed by atoms with Crippen molar-refractivity contribution in [2.75, 3.05) is 24.7 Å². The molecular formula is C55H48F6N2O8. The fourth-order valence-corrected chi connectivity index (χ4v) is 7.02. The van der Waals surface area contributed by atoms with E-state index in [-0.39, 0.29) is 72.6 Å². The predicted molar refractivity (Wildman–Crippen MR) is 259 cm³/mol. The molecule has 0 bridgehead atoms. The van der Waals surface area contributed by atoms with E-state index in [2.05, 4.69) is 0 Å². The van der Waals surface area contributed by atoms with Gasteiger partial charge in [-0.05, 0) is 164 Å². The van der Waals surface area contributed by atoms with E-state index in [0.717, 1.165) is 0 Å². The summed E-state index contributed by atoms with van der Waals surface area (Å²) in [5, 5.41) is 0. The number of esters is 2. The molecule has 0 saturated heterocycles. The van der Waals surface area contributed by atoms with Gasteiger partial charge < -0.3 is 30.4 Å². The Bertz CT molecular complexity index is 2880. The van der Waals surface area contributed by atoms with E-state index in [0.29, 0.717) is 50.7 Å². The third-order valence-corrected chi connectivity index (χ3v) is 10.8. The molecule has 0 spiro atoms. The summed E-state index contributed by atoms with van der Waals surface area (Å²) in [6.45, 7) is 1.92. The van der Waals surface area contributed by atoms with Gasteiger partial charge in [0.15, 0.2) is 11.6 Å². The van der Waals surface area contributed by atoms with Crippen molar-refractivity contribution in [2.45, 2.75) is 57.8 Å². The fourth-order valence-electron chi connectivity index (χ4n) is 7.02. The molecule has 6 aromatic rings. The Labute approximate surface area is 405 Å². The van der Waals surface area contributed by atoms with Crippen LogP contribution in [0.3, 0.4) is 0 Å². The summed E-state index contributed by atoms with van der Waals surface area (Å²) in [6, 6.07) is 32.9. The molecule has 16 heteroatoms. The average molecular weight is 979 g/mol. The van der Waals surface area contributed by atoms with Crippen molar-refractivity contribution in [3.8, 4) is 34.1 Å². The van der Waals surface area contributed by atoms with Gasteiger partial charge in [0.2, 0.25) is 0 Å². The van der Waals surface area contributed by atoms with Crippen LogP contribution in [0.2, 0.25) is 0 Å². The third-order valence-electron chi connectivity index (χ3n) is 10.8. The first-order valence-electron chi connectivity index (χ1n) is 22.3. The number of nitrogens with two attached hydrogens (primary N) is 2. The van der Waals surface area contributed by atoms with E-state index in [9.17, 15) is 45.5 Å². The number of carbonyl (C=O) groups is 4. The number of nitrogen functional groups attached to an aromatic ring is 2. The van der Waals surface area contributed by atoms with E-state index in [1.807, 2.05) is 0 Å². The highest BCUT2D eigenvalue weighted by atomic mass is 19.4. The molecule has 368 valence electrons. The van der Waals surface area contributed by atoms with Gasteiger partial charge in [0.05, 0.1) is 24.3 Å². The van der Waals surface area contributed by atoms with Crippen LogP contribution in [0.1, 0.15) is 96.6 Å². The Kier molecular flexibility index (Phi) is 17.6. The summed E-state index contributed by atoms with van der Waals surface area (Å²) in [7, 11) is 0. The topological polar surface area (TPSA) is 157 Å². The van der Waals surface area contributed by atoms with Gasteiger partial charge in [0.1, 0.15) is 23.0 Å². The van der Waals surface area contributed by atoms with Crippen LogP contribution in [-0.2, 0) is 0 Å². The number of carbonyl (C=O) groups excluding carboxylic acids is 4. The zero-order valence-electron chi connectivity index (χ0n) is 38.3. The van der Waals surface area contributed by atoms with E-state index in [1.165, 1.54) is 66.7 Å².